The van der Waals surface area contributed by atoms with Crippen LogP contribution in [0.25, 0.3) is 0 Å². The molecule has 1 rings (SSSR count). The maximum Gasteiger partial charge on any atom is 0.340 e. The number of rotatable bonds is 3. The van der Waals surface area contributed by atoms with Gasteiger partial charge in [-0.05, 0) is 12.1 Å². The molecule has 0 N–H and O–H groups in total. The molecule has 0 aliphatic rings. The maximum absolute atomic E-state index is 11.1. The van der Waals surface area contributed by atoms with E-state index in [0.29, 0.717) is 5.56 Å². The first-order valence-electron chi connectivity index (χ1n) is 3.30. The summed E-state index contributed by atoms with van der Waals surface area (Å²) >= 11 is 1.66. The van der Waals surface area contributed by atoms with Crippen molar-refractivity contribution in [2.75, 3.05) is 6.79 Å². The summed E-state index contributed by atoms with van der Waals surface area (Å²) in [5.41, 5.74) is 0.533. The third-order valence-electron chi connectivity index (χ3n) is 1.24. The third kappa shape index (κ3) is 2.78. The maximum atomic E-state index is 11.1. The van der Waals surface area contributed by atoms with Crippen LogP contribution in [0.3, 0.4) is 0 Å². The zero-order valence-electron chi connectivity index (χ0n) is 6.20. The van der Waals surface area contributed by atoms with Crippen molar-refractivity contribution >= 4 is 29.0 Å². The standard InChI is InChI=1S/C8H7IO3/c9-12-6-11-8(10)7-4-2-1-3-5-7/h1-5H,6H2. The Hall–Kier alpha value is -0.620. The summed E-state index contributed by atoms with van der Waals surface area (Å²) in [5, 5.41) is 0. The van der Waals surface area contributed by atoms with E-state index in [-0.39, 0.29) is 12.8 Å². The Kier molecular flexibility index (Phi) is 4.02. The van der Waals surface area contributed by atoms with Gasteiger partial charge >= 0.3 is 5.97 Å². The second kappa shape index (κ2) is 5.10. The van der Waals surface area contributed by atoms with E-state index in [1.807, 2.05) is 6.07 Å². The molecule has 4 heteroatoms. The van der Waals surface area contributed by atoms with Gasteiger partial charge < -0.3 is 4.74 Å². The Labute approximate surface area is 84.4 Å². The molecule has 0 unspecified atom stereocenters. The van der Waals surface area contributed by atoms with Crippen molar-refractivity contribution in [2.24, 2.45) is 0 Å². The molecule has 0 radical (unpaired) electrons. The Morgan fingerprint density at radius 2 is 2.00 bits per heavy atom. The summed E-state index contributed by atoms with van der Waals surface area (Å²) in [7, 11) is 0. The van der Waals surface area contributed by atoms with Crippen LogP contribution in [0.15, 0.2) is 30.3 Å². The van der Waals surface area contributed by atoms with E-state index in [1.54, 1.807) is 47.3 Å². The highest BCUT2D eigenvalue weighted by molar-refractivity contribution is 14.1. The Bertz CT molecular complexity index is 248. The molecule has 0 saturated heterocycles. The fraction of sp³-hybridized carbons (Fsp3) is 0.125. The van der Waals surface area contributed by atoms with Crippen LogP contribution in [0, 0.1) is 0 Å². The highest BCUT2D eigenvalue weighted by Crippen LogP contribution is 2.01. The van der Waals surface area contributed by atoms with E-state index in [2.05, 4.69) is 3.07 Å². The van der Waals surface area contributed by atoms with Crippen molar-refractivity contribution in [1.82, 2.24) is 0 Å². The number of hydrogen-bond acceptors (Lipinski definition) is 3. The van der Waals surface area contributed by atoms with Crippen LogP contribution in [-0.4, -0.2) is 12.8 Å². The summed E-state index contributed by atoms with van der Waals surface area (Å²) in [6.45, 7) is -0.0196. The number of hydrogen-bond donors (Lipinski definition) is 0. The van der Waals surface area contributed by atoms with Gasteiger partial charge in [0, 0.05) is 0 Å². The van der Waals surface area contributed by atoms with E-state index in [4.69, 9.17) is 4.74 Å². The molecule has 3 nitrogen and oxygen atoms in total. The van der Waals surface area contributed by atoms with Gasteiger partial charge in [0.05, 0.1) is 5.56 Å². The second-order valence-corrected chi connectivity index (χ2v) is 2.65. The molecule has 1 aromatic carbocycles. The summed E-state index contributed by atoms with van der Waals surface area (Å²) in [6, 6.07) is 8.78. The average molecular weight is 278 g/mol. The summed E-state index contributed by atoms with van der Waals surface area (Å²) in [5.74, 6) is -0.368. The number of carbonyl (C=O) groups excluding carboxylic acids is 1. The lowest BCUT2D eigenvalue weighted by Gasteiger charge is -2.00. The van der Waals surface area contributed by atoms with Gasteiger partial charge in [-0.2, -0.15) is 0 Å². The molecule has 0 saturated carbocycles. The predicted molar refractivity (Wildman–Crippen MR) is 51.8 cm³/mol. The Balaban J connectivity index is 2.54. The molecule has 0 aliphatic heterocycles. The van der Waals surface area contributed by atoms with Gasteiger partial charge in [-0.15, -0.1) is 0 Å². The Morgan fingerprint density at radius 3 is 2.58 bits per heavy atom. The third-order valence-corrected chi connectivity index (χ3v) is 1.50. The first-order chi connectivity index (χ1) is 5.84. The molecule has 0 bridgehead atoms. The molecule has 12 heavy (non-hydrogen) atoms. The molecule has 0 amide bonds. The van der Waals surface area contributed by atoms with Gasteiger partial charge in [0.15, 0.2) is 0 Å². The smallest absolute Gasteiger partial charge is 0.340 e. The van der Waals surface area contributed by atoms with Crippen LogP contribution in [0.1, 0.15) is 10.4 Å². The lowest BCUT2D eigenvalue weighted by molar-refractivity contribution is 0.0267. The lowest BCUT2D eigenvalue weighted by atomic mass is 10.2. The van der Waals surface area contributed by atoms with Crippen LogP contribution in [0.5, 0.6) is 0 Å². The van der Waals surface area contributed by atoms with Crippen molar-refractivity contribution < 1.29 is 12.6 Å². The molecule has 0 atom stereocenters. The average Bonchev–Trinajstić information content (AvgIpc) is 2.15. The quantitative estimate of drug-likeness (QED) is 0.483. The molecular weight excluding hydrogens is 271 g/mol. The van der Waals surface area contributed by atoms with Crippen molar-refractivity contribution in [3.8, 4) is 0 Å². The minimum atomic E-state index is -0.368. The number of halogens is 1. The largest absolute Gasteiger partial charge is 0.434 e. The predicted octanol–water partition coefficient (Wildman–Crippen LogP) is 2.17. The van der Waals surface area contributed by atoms with E-state index >= 15 is 0 Å². The molecule has 0 aliphatic carbocycles. The highest BCUT2D eigenvalue weighted by atomic mass is 127. The van der Waals surface area contributed by atoms with Crippen molar-refractivity contribution in [3.05, 3.63) is 35.9 Å². The minimum absolute atomic E-state index is 0.0196. The molecule has 1 aromatic rings. The summed E-state index contributed by atoms with van der Waals surface area (Å²) in [6.07, 6.45) is 0. The number of benzene rings is 1. The monoisotopic (exact) mass is 278 g/mol. The van der Waals surface area contributed by atoms with Crippen LogP contribution in [0.2, 0.25) is 0 Å². The van der Waals surface area contributed by atoms with Crippen molar-refractivity contribution in [2.45, 2.75) is 0 Å². The van der Waals surface area contributed by atoms with Gasteiger partial charge in [0.1, 0.15) is 23.0 Å². The Morgan fingerprint density at radius 1 is 1.33 bits per heavy atom. The molecule has 0 spiro atoms. The molecule has 0 fully saturated rings. The molecular formula is C8H7IO3. The molecule has 64 valence electrons. The van der Waals surface area contributed by atoms with Gasteiger partial charge in [-0.1, -0.05) is 18.2 Å². The van der Waals surface area contributed by atoms with E-state index < -0.39 is 0 Å². The van der Waals surface area contributed by atoms with Crippen LogP contribution in [0.4, 0.5) is 0 Å². The van der Waals surface area contributed by atoms with Gasteiger partial charge in [0.25, 0.3) is 0 Å². The second-order valence-electron chi connectivity index (χ2n) is 2.02. The molecule has 0 aromatic heterocycles. The first kappa shape index (κ1) is 9.47. The van der Waals surface area contributed by atoms with Gasteiger partial charge in [0.2, 0.25) is 6.79 Å². The minimum Gasteiger partial charge on any atom is -0.434 e. The summed E-state index contributed by atoms with van der Waals surface area (Å²) in [4.78, 5) is 11.1. The number of ether oxygens (including phenoxy) is 1. The number of esters is 1. The zero-order valence-corrected chi connectivity index (χ0v) is 8.35. The fourth-order valence-corrected chi connectivity index (χ4v) is 0.860. The van der Waals surface area contributed by atoms with E-state index in [9.17, 15) is 4.79 Å². The highest BCUT2D eigenvalue weighted by Gasteiger charge is 2.04. The van der Waals surface area contributed by atoms with Crippen molar-refractivity contribution in [3.63, 3.8) is 0 Å². The van der Waals surface area contributed by atoms with E-state index in [1.165, 1.54) is 0 Å². The fourth-order valence-electron chi connectivity index (χ4n) is 0.733. The van der Waals surface area contributed by atoms with Crippen LogP contribution >= 0.6 is 23.0 Å². The normalized spacial score (nSPS) is 9.42. The summed E-state index contributed by atoms with van der Waals surface area (Å²) < 4.78 is 9.27. The van der Waals surface area contributed by atoms with Crippen LogP contribution < -0.4 is 0 Å². The van der Waals surface area contributed by atoms with Crippen LogP contribution in [-0.2, 0) is 7.80 Å². The lowest BCUT2D eigenvalue weighted by Crippen LogP contribution is -2.05. The molecule has 0 heterocycles. The number of carbonyl (C=O) groups is 1. The van der Waals surface area contributed by atoms with Gasteiger partial charge in [-0.3, -0.25) is 3.07 Å². The SMILES string of the molecule is O=C(OCOI)c1ccccc1. The first-order valence-corrected chi connectivity index (χ1v) is 4.18. The van der Waals surface area contributed by atoms with Crippen molar-refractivity contribution in [1.29, 1.82) is 0 Å². The topological polar surface area (TPSA) is 35.5 Å². The van der Waals surface area contributed by atoms with E-state index in [0.717, 1.165) is 0 Å². The van der Waals surface area contributed by atoms with Gasteiger partial charge in [-0.25, -0.2) is 4.79 Å². The zero-order chi connectivity index (χ0) is 8.81.